The van der Waals surface area contributed by atoms with Crippen LogP contribution in [0.5, 0.6) is 5.88 Å². The van der Waals surface area contributed by atoms with E-state index in [0.29, 0.717) is 29.6 Å². The van der Waals surface area contributed by atoms with Crippen molar-refractivity contribution in [2.45, 2.75) is 50.9 Å². The number of carbonyl (C=O) groups excluding carboxylic acids is 2. The van der Waals surface area contributed by atoms with Crippen molar-refractivity contribution in [3.8, 4) is 5.88 Å². The lowest BCUT2D eigenvalue weighted by atomic mass is 10.1. The van der Waals surface area contributed by atoms with E-state index in [0.717, 1.165) is 31.4 Å². The molecule has 2 heterocycles. The molecule has 0 aromatic carbocycles. The second-order valence-electron chi connectivity index (χ2n) is 6.76. The fourth-order valence-corrected chi connectivity index (χ4v) is 3.69. The number of methoxy groups -OCH3 is 1. The molecule has 0 spiro atoms. The highest BCUT2D eigenvalue weighted by Gasteiger charge is 2.36. The van der Waals surface area contributed by atoms with Crippen LogP contribution < -0.4 is 15.4 Å². The monoisotopic (exact) mass is 362 g/mol. The van der Waals surface area contributed by atoms with Crippen molar-refractivity contribution in [2.75, 3.05) is 20.8 Å². The van der Waals surface area contributed by atoms with Crippen LogP contribution in [-0.4, -0.2) is 59.7 Å². The topological polar surface area (TPSA) is 104 Å². The van der Waals surface area contributed by atoms with Gasteiger partial charge in [-0.05, 0) is 26.0 Å². The van der Waals surface area contributed by atoms with Gasteiger partial charge in [0.05, 0.1) is 31.5 Å². The SMILES string of the molecule is CN[C@@H](CO)C(=O)NCc1cc2c(nc1OC)CN(C1CCCC1)C2=O. The Morgan fingerprint density at radius 2 is 2.19 bits per heavy atom. The molecule has 8 nitrogen and oxygen atoms in total. The molecule has 0 unspecified atom stereocenters. The Kier molecular flexibility index (Phi) is 5.73. The minimum Gasteiger partial charge on any atom is -0.481 e. The molecule has 1 aromatic heterocycles. The number of nitrogens with one attached hydrogen (secondary N) is 2. The zero-order chi connectivity index (χ0) is 18.7. The molecule has 1 aliphatic carbocycles. The van der Waals surface area contributed by atoms with Gasteiger partial charge in [0.25, 0.3) is 5.91 Å². The molecule has 3 N–H and O–H groups in total. The van der Waals surface area contributed by atoms with Gasteiger partial charge in [0.2, 0.25) is 11.8 Å². The standard InChI is InChI=1S/C18H26N4O4/c1-19-15(10-23)16(24)20-8-11-7-13-14(21-17(11)26-2)9-22(18(13)25)12-5-3-4-6-12/h7,12,15,19,23H,3-6,8-10H2,1-2H3,(H,20,24)/t15-/m0/s1. The summed E-state index contributed by atoms with van der Waals surface area (Å²) in [6.45, 7) is 0.405. The molecule has 142 valence electrons. The molecule has 2 aliphatic rings. The maximum Gasteiger partial charge on any atom is 0.256 e. The van der Waals surface area contributed by atoms with E-state index >= 15 is 0 Å². The van der Waals surface area contributed by atoms with E-state index in [2.05, 4.69) is 15.6 Å². The number of pyridine rings is 1. The minimum absolute atomic E-state index is 0.0121. The van der Waals surface area contributed by atoms with Crippen molar-refractivity contribution in [3.05, 3.63) is 22.9 Å². The van der Waals surface area contributed by atoms with Gasteiger partial charge in [0.1, 0.15) is 6.04 Å². The predicted octanol–water partition coefficient (Wildman–Crippen LogP) is 0.185. The fourth-order valence-electron chi connectivity index (χ4n) is 3.69. The van der Waals surface area contributed by atoms with E-state index in [1.54, 1.807) is 13.1 Å². The number of hydrogen-bond donors (Lipinski definition) is 3. The fraction of sp³-hybridized carbons (Fsp3) is 0.611. The lowest BCUT2D eigenvalue weighted by molar-refractivity contribution is -0.124. The summed E-state index contributed by atoms with van der Waals surface area (Å²) in [6, 6.07) is 1.39. The van der Waals surface area contributed by atoms with E-state index in [1.165, 1.54) is 7.11 Å². The Morgan fingerprint density at radius 3 is 2.81 bits per heavy atom. The Morgan fingerprint density at radius 1 is 1.46 bits per heavy atom. The molecule has 1 saturated carbocycles. The second-order valence-corrected chi connectivity index (χ2v) is 6.76. The molecule has 0 radical (unpaired) electrons. The largest absolute Gasteiger partial charge is 0.481 e. The predicted molar refractivity (Wildman–Crippen MR) is 94.7 cm³/mol. The van der Waals surface area contributed by atoms with Crippen molar-refractivity contribution in [1.82, 2.24) is 20.5 Å². The van der Waals surface area contributed by atoms with Crippen molar-refractivity contribution >= 4 is 11.8 Å². The summed E-state index contributed by atoms with van der Waals surface area (Å²) in [5.74, 6) is 0.102. The highest BCUT2D eigenvalue weighted by Crippen LogP contribution is 2.33. The minimum atomic E-state index is -0.678. The number of rotatable bonds is 7. The summed E-state index contributed by atoms with van der Waals surface area (Å²) in [6.07, 6.45) is 4.42. The van der Waals surface area contributed by atoms with E-state index in [9.17, 15) is 14.7 Å². The number of hydrogen-bond acceptors (Lipinski definition) is 6. The van der Waals surface area contributed by atoms with Gasteiger partial charge >= 0.3 is 0 Å². The van der Waals surface area contributed by atoms with E-state index < -0.39 is 6.04 Å². The Hall–Kier alpha value is -2.19. The quantitative estimate of drug-likeness (QED) is 0.640. The Balaban J connectivity index is 1.77. The zero-order valence-corrected chi connectivity index (χ0v) is 15.2. The first-order valence-corrected chi connectivity index (χ1v) is 9.02. The maximum atomic E-state index is 12.8. The molecule has 0 bridgehead atoms. The van der Waals surface area contributed by atoms with Gasteiger partial charge in [-0.15, -0.1) is 0 Å². The molecule has 1 aliphatic heterocycles. The number of carbonyl (C=O) groups is 2. The van der Waals surface area contributed by atoms with Crippen LogP contribution in [0, 0.1) is 0 Å². The molecule has 1 aromatic rings. The third-order valence-corrected chi connectivity index (χ3v) is 5.21. The molecular weight excluding hydrogens is 336 g/mol. The molecule has 1 fully saturated rings. The van der Waals surface area contributed by atoms with E-state index in [-0.39, 0.29) is 25.0 Å². The highest BCUT2D eigenvalue weighted by molar-refractivity contribution is 5.98. The lowest BCUT2D eigenvalue weighted by Gasteiger charge is -2.22. The number of ether oxygens (including phenoxy) is 1. The number of aliphatic hydroxyl groups excluding tert-OH is 1. The second kappa shape index (κ2) is 8.01. The van der Waals surface area contributed by atoms with Crippen LogP contribution in [0.25, 0.3) is 0 Å². The van der Waals surface area contributed by atoms with Crippen LogP contribution >= 0.6 is 0 Å². The van der Waals surface area contributed by atoms with Gasteiger partial charge in [-0.25, -0.2) is 4.98 Å². The van der Waals surface area contributed by atoms with Gasteiger partial charge in [0.15, 0.2) is 0 Å². The average Bonchev–Trinajstić information content (AvgIpc) is 3.28. The van der Waals surface area contributed by atoms with Crippen LogP contribution in [0.15, 0.2) is 6.07 Å². The number of likely N-dealkylation sites (N-methyl/N-ethyl adjacent to an activating group) is 1. The van der Waals surface area contributed by atoms with Crippen LogP contribution in [-0.2, 0) is 17.9 Å². The van der Waals surface area contributed by atoms with Crippen molar-refractivity contribution < 1.29 is 19.4 Å². The number of nitrogens with zero attached hydrogens (tertiary/aromatic N) is 2. The summed E-state index contributed by atoms with van der Waals surface area (Å²) < 4.78 is 5.35. The number of amides is 2. The third-order valence-electron chi connectivity index (χ3n) is 5.21. The van der Waals surface area contributed by atoms with Crippen LogP contribution in [0.2, 0.25) is 0 Å². The molecular formula is C18H26N4O4. The Bertz CT molecular complexity index is 684. The number of aliphatic hydroxyl groups is 1. The molecule has 0 saturated heterocycles. The maximum absolute atomic E-state index is 12.8. The highest BCUT2D eigenvalue weighted by atomic mass is 16.5. The molecule has 8 heteroatoms. The third kappa shape index (κ3) is 3.52. The lowest BCUT2D eigenvalue weighted by Crippen LogP contribution is -2.44. The first-order chi connectivity index (χ1) is 12.6. The normalized spacial score (nSPS) is 18.1. The molecule has 3 rings (SSSR count). The van der Waals surface area contributed by atoms with Gasteiger partial charge in [0, 0.05) is 18.2 Å². The molecule has 26 heavy (non-hydrogen) atoms. The smallest absolute Gasteiger partial charge is 0.256 e. The first-order valence-electron chi connectivity index (χ1n) is 9.02. The summed E-state index contributed by atoms with van der Waals surface area (Å²) in [5, 5.41) is 14.7. The van der Waals surface area contributed by atoms with Gasteiger partial charge in [-0.1, -0.05) is 12.8 Å². The summed E-state index contributed by atoms with van der Waals surface area (Å²) in [5.41, 5.74) is 1.97. The van der Waals surface area contributed by atoms with Crippen molar-refractivity contribution in [2.24, 2.45) is 0 Å². The number of aromatic nitrogens is 1. The molecule has 1 atom stereocenters. The summed E-state index contributed by atoms with van der Waals surface area (Å²) in [7, 11) is 3.13. The van der Waals surface area contributed by atoms with Crippen molar-refractivity contribution in [3.63, 3.8) is 0 Å². The Labute approximate surface area is 152 Å². The van der Waals surface area contributed by atoms with Crippen LogP contribution in [0.3, 0.4) is 0 Å². The van der Waals surface area contributed by atoms with Crippen molar-refractivity contribution in [1.29, 1.82) is 0 Å². The first kappa shape index (κ1) is 18.6. The zero-order valence-electron chi connectivity index (χ0n) is 15.2. The van der Waals surface area contributed by atoms with Crippen LogP contribution in [0.4, 0.5) is 0 Å². The number of fused-ring (bicyclic) bond motifs is 1. The van der Waals surface area contributed by atoms with E-state index in [1.807, 2.05) is 4.90 Å². The van der Waals surface area contributed by atoms with Gasteiger partial charge in [-0.3, -0.25) is 9.59 Å². The van der Waals surface area contributed by atoms with Gasteiger partial charge in [-0.2, -0.15) is 0 Å². The molecule has 2 amide bonds. The summed E-state index contributed by atoms with van der Waals surface area (Å²) in [4.78, 5) is 31.2. The average molecular weight is 362 g/mol. The van der Waals surface area contributed by atoms with Gasteiger partial charge < -0.3 is 25.4 Å². The van der Waals surface area contributed by atoms with E-state index in [4.69, 9.17) is 4.74 Å². The van der Waals surface area contributed by atoms with Crippen LogP contribution in [0.1, 0.15) is 47.3 Å². The summed E-state index contributed by atoms with van der Waals surface area (Å²) >= 11 is 0.